The summed E-state index contributed by atoms with van der Waals surface area (Å²) < 4.78 is 0. The van der Waals surface area contributed by atoms with E-state index in [-0.39, 0.29) is 30.3 Å². The van der Waals surface area contributed by atoms with Crippen LogP contribution in [0, 0.1) is 5.92 Å². The zero-order valence-corrected chi connectivity index (χ0v) is 14.8. The molecular formula is C18H28ClN3O2. The molecule has 24 heavy (non-hydrogen) atoms. The summed E-state index contributed by atoms with van der Waals surface area (Å²) in [6.07, 6.45) is 5.11. The van der Waals surface area contributed by atoms with Crippen molar-refractivity contribution in [3.63, 3.8) is 0 Å². The van der Waals surface area contributed by atoms with Crippen molar-refractivity contribution in [3.05, 3.63) is 35.9 Å². The standard InChI is InChI=1S/C18H27N3O2.ClH/c19-13-15-8-4-5-9-16(15)21-17(22)10-11-20-18(23)12-14-6-2-1-3-7-14;/h1-3,6-7,15-16H,4-5,8-13,19H2,(H,20,23)(H,21,22);1H. The smallest absolute Gasteiger partial charge is 0.224 e. The first kappa shape index (κ1) is 20.5. The highest BCUT2D eigenvalue weighted by molar-refractivity contribution is 5.85. The molecule has 1 saturated carbocycles. The fraction of sp³-hybridized carbons (Fsp3) is 0.556. The second kappa shape index (κ2) is 11.0. The molecule has 1 aromatic rings. The minimum atomic E-state index is -0.0542. The summed E-state index contributed by atoms with van der Waals surface area (Å²) in [6, 6.07) is 9.78. The monoisotopic (exact) mass is 353 g/mol. The van der Waals surface area contributed by atoms with Crippen LogP contribution in [0.1, 0.15) is 37.7 Å². The van der Waals surface area contributed by atoms with E-state index in [1.165, 1.54) is 6.42 Å². The second-order valence-corrected chi connectivity index (χ2v) is 6.22. The highest BCUT2D eigenvalue weighted by Gasteiger charge is 2.25. The van der Waals surface area contributed by atoms with Gasteiger partial charge in [0.05, 0.1) is 6.42 Å². The fourth-order valence-corrected chi connectivity index (χ4v) is 3.12. The summed E-state index contributed by atoms with van der Waals surface area (Å²) in [4.78, 5) is 23.8. The fourth-order valence-electron chi connectivity index (χ4n) is 3.12. The lowest BCUT2D eigenvalue weighted by molar-refractivity contribution is -0.122. The van der Waals surface area contributed by atoms with Crippen LogP contribution in [0.2, 0.25) is 0 Å². The Morgan fingerprint density at radius 3 is 2.50 bits per heavy atom. The summed E-state index contributed by atoms with van der Waals surface area (Å²) in [5, 5.41) is 5.87. The van der Waals surface area contributed by atoms with E-state index in [0.717, 1.165) is 24.8 Å². The third-order valence-electron chi connectivity index (χ3n) is 4.44. The lowest BCUT2D eigenvalue weighted by Crippen LogP contribution is -2.45. The summed E-state index contributed by atoms with van der Waals surface area (Å²) in [5.74, 6) is 0.331. The molecule has 2 amide bonds. The Bertz CT molecular complexity index is 510. The predicted octanol–water partition coefficient (Wildman–Crippen LogP) is 1.79. The Morgan fingerprint density at radius 2 is 1.79 bits per heavy atom. The number of hydrogen-bond acceptors (Lipinski definition) is 3. The maximum Gasteiger partial charge on any atom is 0.224 e. The van der Waals surface area contributed by atoms with Gasteiger partial charge in [-0.2, -0.15) is 0 Å². The molecule has 0 saturated heterocycles. The molecule has 5 nitrogen and oxygen atoms in total. The SMILES string of the molecule is Cl.NCC1CCCCC1NC(=O)CCNC(=O)Cc1ccccc1. The highest BCUT2D eigenvalue weighted by atomic mass is 35.5. The summed E-state index contributed by atoms with van der Waals surface area (Å²) in [5.41, 5.74) is 6.75. The molecule has 0 heterocycles. The maximum absolute atomic E-state index is 12.0. The molecule has 2 unspecified atom stereocenters. The van der Waals surface area contributed by atoms with Gasteiger partial charge in [-0.3, -0.25) is 9.59 Å². The van der Waals surface area contributed by atoms with Crippen molar-refractivity contribution in [1.82, 2.24) is 10.6 Å². The van der Waals surface area contributed by atoms with Gasteiger partial charge in [0.25, 0.3) is 0 Å². The van der Waals surface area contributed by atoms with E-state index < -0.39 is 0 Å². The van der Waals surface area contributed by atoms with Gasteiger partial charge in [-0.15, -0.1) is 12.4 Å². The van der Waals surface area contributed by atoms with Gasteiger partial charge in [0, 0.05) is 19.0 Å². The molecular weight excluding hydrogens is 326 g/mol. The molecule has 0 aliphatic heterocycles. The molecule has 1 aliphatic rings. The number of carbonyl (C=O) groups is 2. The van der Waals surface area contributed by atoms with Gasteiger partial charge in [-0.1, -0.05) is 43.2 Å². The lowest BCUT2D eigenvalue weighted by Gasteiger charge is -2.31. The molecule has 0 bridgehead atoms. The number of nitrogens with one attached hydrogen (secondary N) is 2. The van der Waals surface area contributed by atoms with E-state index in [9.17, 15) is 9.59 Å². The average Bonchev–Trinajstić information content (AvgIpc) is 2.56. The van der Waals surface area contributed by atoms with Crippen LogP contribution in [0.15, 0.2) is 30.3 Å². The van der Waals surface area contributed by atoms with Crippen LogP contribution < -0.4 is 16.4 Å². The van der Waals surface area contributed by atoms with Gasteiger partial charge < -0.3 is 16.4 Å². The second-order valence-electron chi connectivity index (χ2n) is 6.22. The molecule has 1 aliphatic carbocycles. The van der Waals surface area contributed by atoms with E-state index in [2.05, 4.69) is 10.6 Å². The largest absolute Gasteiger partial charge is 0.355 e. The number of halogens is 1. The van der Waals surface area contributed by atoms with Crippen molar-refractivity contribution in [2.45, 2.75) is 44.6 Å². The Kier molecular flexibility index (Phi) is 9.42. The topological polar surface area (TPSA) is 84.2 Å². The Hall–Kier alpha value is -1.59. The molecule has 2 rings (SSSR count). The average molecular weight is 354 g/mol. The van der Waals surface area contributed by atoms with Crippen molar-refractivity contribution < 1.29 is 9.59 Å². The summed E-state index contributed by atoms with van der Waals surface area (Å²) in [6.45, 7) is 0.996. The van der Waals surface area contributed by atoms with Crippen LogP contribution in [-0.4, -0.2) is 30.9 Å². The molecule has 1 aromatic carbocycles. The molecule has 0 aromatic heterocycles. The Balaban J connectivity index is 0.00000288. The van der Waals surface area contributed by atoms with E-state index in [4.69, 9.17) is 5.73 Å². The number of rotatable bonds is 7. The lowest BCUT2D eigenvalue weighted by atomic mass is 9.84. The Labute approximate surface area is 150 Å². The van der Waals surface area contributed by atoms with Crippen molar-refractivity contribution in [1.29, 1.82) is 0 Å². The van der Waals surface area contributed by atoms with Crippen molar-refractivity contribution >= 4 is 24.2 Å². The van der Waals surface area contributed by atoms with Crippen LogP contribution in [0.25, 0.3) is 0 Å². The van der Waals surface area contributed by atoms with Gasteiger partial charge >= 0.3 is 0 Å². The van der Waals surface area contributed by atoms with Crippen LogP contribution in [0.5, 0.6) is 0 Å². The van der Waals surface area contributed by atoms with Gasteiger partial charge in [-0.25, -0.2) is 0 Å². The molecule has 4 N–H and O–H groups in total. The third kappa shape index (κ3) is 6.89. The van der Waals surface area contributed by atoms with Crippen LogP contribution in [-0.2, 0) is 16.0 Å². The first-order chi connectivity index (χ1) is 11.2. The number of benzene rings is 1. The third-order valence-corrected chi connectivity index (χ3v) is 4.44. The zero-order chi connectivity index (χ0) is 16.5. The summed E-state index contributed by atoms with van der Waals surface area (Å²) >= 11 is 0. The molecule has 1 fully saturated rings. The maximum atomic E-state index is 12.0. The molecule has 0 spiro atoms. The van der Waals surface area contributed by atoms with Crippen molar-refractivity contribution in [3.8, 4) is 0 Å². The van der Waals surface area contributed by atoms with Gasteiger partial charge in [0.1, 0.15) is 0 Å². The molecule has 134 valence electrons. The quantitative estimate of drug-likeness (QED) is 0.698. The van der Waals surface area contributed by atoms with Gasteiger partial charge in [0.2, 0.25) is 11.8 Å². The molecule has 2 atom stereocenters. The summed E-state index contributed by atoms with van der Waals surface area (Å²) in [7, 11) is 0. The molecule has 0 radical (unpaired) electrons. The minimum absolute atomic E-state index is 0. The first-order valence-corrected chi connectivity index (χ1v) is 8.49. The normalized spacial score (nSPS) is 19.9. The first-order valence-electron chi connectivity index (χ1n) is 8.49. The number of amides is 2. The molecule has 6 heteroatoms. The van der Waals surface area contributed by atoms with E-state index >= 15 is 0 Å². The number of hydrogen-bond donors (Lipinski definition) is 3. The minimum Gasteiger partial charge on any atom is -0.355 e. The predicted molar refractivity (Wildman–Crippen MR) is 98.0 cm³/mol. The number of carbonyl (C=O) groups excluding carboxylic acids is 2. The van der Waals surface area contributed by atoms with Crippen LogP contribution in [0.4, 0.5) is 0 Å². The van der Waals surface area contributed by atoms with Crippen LogP contribution >= 0.6 is 12.4 Å². The van der Waals surface area contributed by atoms with Crippen LogP contribution in [0.3, 0.4) is 0 Å². The van der Waals surface area contributed by atoms with Crippen molar-refractivity contribution in [2.24, 2.45) is 11.7 Å². The highest BCUT2D eigenvalue weighted by Crippen LogP contribution is 2.23. The van der Waals surface area contributed by atoms with E-state index in [1.807, 2.05) is 30.3 Å². The van der Waals surface area contributed by atoms with Crippen molar-refractivity contribution in [2.75, 3.05) is 13.1 Å². The zero-order valence-electron chi connectivity index (χ0n) is 14.0. The number of nitrogens with two attached hydrogens (primary N) is 1. The van der Waals surface area contributed by atoms with E-state index in [1.54, 1.807) is 0 Å². The Morgan fingerprint density at radius 1 is 1.08 bits per heavy atom. The van der Waals surface area contributed by atoms with Gasteiger partial charge in [0.15, 0.2) is 0 Å². The van der Waals surface area contributed by atoms with Gasteiger partial charge in [-0.05, 0) is 30.9 Å². The van der Waals surface area contributed by atoms with E-state index in [0.29, 0.717) is 31.8 Å².